The summed E-state index contributed by atoms with van der Waals surface area (Å²) in [5, 5.41) is 1.22. The van der Waals surface area contributed by atoms with E-state index in [0.717, 1.165) is 42.8 Å². The zero-order valence-corrected chi connectivity index (χ0v) is 21.7. The molecule has 0 radical (unpaired) electrons. The van der Waals surface area contributed by atoms with Gasteiger partial charge in [0.25, 0.3) is 0 Å². The van der Waals surface area contributed by atoms with Crippen molar-refractivity contribution in [1.29, 1.82) is 0 Å². The fourth-order valence-corrected chi connectivity index (χ4v) is 6.13. The van der Waals surface area contributed by atoms with Crippen LogP contribution < -0.4 is 9.47 Å². The van der Waals surface area contributed by atoms with E-state index in [0.29, 0.717) is 12.3 Å². The first-order valence-electron chi connectivity index (χ1n) is 13.0. The van der Waals surface area contributed by atoms with E-state index in [1.165, 1.54) is 27.6 Å². The average Bonchev–Trinajstić information content (AvgIpc) is 3.42. The molecule has 0 aliphatic carbocycles. The summed E-state index contributed by atoms with van der Waals surface area (Å²) in [5.74, 6) is 1.64. The summed E-state index contributed by atoms with van der Waals surface area (Å²) >= 11 is 0. The molecular formula is C31H33N3O3. The van der Waals surface area contributed by atoms with Crippen LogP contribution >= 0.6 is 0 Å². The maximum absolute atomic E-state index is 14.3. The van der Waals surface area contributed by atoms with Gasteiger partial charge in [-0.25, -0.2) is 0 Å². The Hall–Kier alpha value is -3.77. The summed E-state index contributed by atoms with van der Waals surface area (Å²) in [6, 6.07) is 20.9. The molecule has 1 unspecified atom stereocenters. The lowest BCUT2D eigenvalue weighted by atomic mass is 9.89. The van der Waals surface area contributed by atoms with Gasteiger partial charge >= 0.3 is 0 Å². The zero-order chi connectivity index (χ0) is 25.5. The number of nitrogens with zero attached hydrogens (tertiary/aromatic N) is 2. The van der Waals surface area contributed by atoms with E-state index in [-0.39, 0.29) is 18.0 Å². The van der Waals surface area contributed by atoms with E-state index in [1.54, 1.807) is 14.2 Å². The molecule has 2 aliphatic rings. The SMILES string of the molecule is COc1cc2c(cc1OC)[C@@H](C)N(C(=O)C1Cc3ccccc3CN1Cc1cccc3[nH]ccc13)CC2. The van der Waals surface area contributed by atoms with Crippen LogP contribution in [-0.4, -0.2) is 47.5 Å². The molecule has 3 aromatic carbocycles. The molecule has 0 saturated heterocycles. The summed E-state index contributed by atoms with van der Waals surface area (Å²) in [7, 11) is 3.32. The minimum Gasteiger partial charge on any atom is -0.493 e. The topological polar surface area (TPSA) is 57.8 Å². The van der Waals surface area contributed by atoms with Crippen molar-refractivity contribution in [2.75, 3.05) is 20.8 Å². The van der Waals surface area contributed by atoms with Gasteiger partial charge in [0.2, 0.25) is 5.91 Å². The monoisotopic (exact) mass is 495 g/mol. The van der Waals surface area contributed by atoms with Crippen molar-refractivity contribution >= 4 is 16.8 Å². The Morgan fingerprint density at radius 2 is 1.76 bits per heavy atom. The first-order valence-corrected chi connectivity index (χ1v) is 13.0. The van der Waals surface area contributed by atoms with Gasteiger partial charge in [0.1, 0.15) is 0 Å². The van der Waals surface area contributed by atoms with Gasteiger partial charge in [0, 0.05) is 36.7 Å². The van der Waals surface area contributed by atoms with Gasteiger partial charge in [-0.1, -0.05) is 36.4 Å². The number of nitrogens with one attached hydrogen (secondary N) is 1. The van der Waals surface area contributed by atoms with E-state index < -0.39 is 0 Å². The minimum atomic E-state index is -0.215. The molecule has 1 amide bonds. The number of ether oxygens (including phenoxy) is 2. The molecule has 37 heavy (non-hydrogen) atoms. The standard InChI is InChI=1S/C31H33N3O3/c1-20-26-17-30(37-3)29(36-2)16-22(26)12-14-34(20)31(35)28-15-21-7-4-5-8-23(21)18-33(28)19-24-9-6-10-27-25(24)11-13-32-27/h4-11,13,16-17,20,28,32H,12,14-15,18-19H2,1-3H3/t20-,28?/m1/s1. The van der Waals surface area contributed by atoms with E-state index in [2.05, 4.69) is 76.3 Å². The third-order valence-corrected chi connectivity index (χ3v) is 8.16. The minimum absolute atomic E-state index is 0.0387. The van der Waals surface area contributed by atoms with Crippen LogP contribution in [0.4, 0.5) is 0 Å². The molecule has 4 aromatic rings. The molecule has 0 bridgehead atoms. The summed E-state index contributed by atoms with van der Waals surface area (Å²) < 4.78 is 11.1. The van der Waals surface area contributed by atoms with E-state index in [9.17, 15) is 4.79 Å². The highest BCUT2D eigenvalue weighted by molar-refractivity contribution is 5.85. The lowest BCUT2D eigenvalue weighted by Crippen LogP contribution is -2.53. The molecule has 0 fully saturated rings. The average molecular weight is 496 g/mol. The van der Waals surface area contributed by atoms with E-state index in [1.807, 2.05) is 12.3 Å². The number of fused-ring (bicyclic) bond motifs is 3. The molecule has 1 aromatic heterocycles. The maximum Gasteiger partial charge on any atom is 0.240 e. The number of hydrogen-bond acceptors (Lipinski definition) is 4. The van der Waals surface area contributed by atoms with Crippen LogP contribution in [0, 0.1) is 0 Å². The van der Waals surface area contributed by atoms with Crippen LogP contribution in [0.2, 0.25) is 0 Å². The van der Waals surface area contributed by atoms with Gasteiger partial charge in [-0.3, -0.25) is 9.69 Å². The number of amides is 1. The molecule has 1 N–H and O–H groups in total. The Balaban J connectivity index is 1.33. The summed E-state index contributed by atoms with van der Waals surface area (Å²) in [6.45, 7) is 4.31. The van der Waals surface area contributed by atoms with Crippen LogP contribution in [0.3, 0.4) is 0 Å². The first kappa shape index (κ1) is 23.6. The van der Waals surface area contributed by atoms with Crippen molar-refractivity contribution in [2.24, 2.45) is 0 Å². The predicted octanol–water partition coefficient (Wildman–Crippen LogP) is 5.26. The number of aromatic nitrogens is 1. The van der Waals surface area contributed by atoms with Crippen LogP contribution in [0.15, 0.2) is 66.9 Å². The molecule has 3 heterocycles. The van der Waals surface area contributed by atoms with E-state index in [4.69, 9.17) is 9.47 Å². The molecule has 0 saturated carbocycles. The largest absolute Gasteiger partial charge is 0.493 e. The van der Waals surface area contributed by atoms with Crippen LogP contribution in [0.5, 0.6) is 11.5 Å². The molecule has 0 spiro atoms. The smallest absolute Gasteiger partial charge is 0.240 e. The third-order valence-electron chi connectivity index (χ3n) is 8.16. The molecule has 6 nitrogen and oxygen atoms in total. The fraction of sp³-hybridized carbons (Fsp3) is 0.323. The van der Waals surface area contributed by atoms with Crippen LogP contribution in [-0.2, 0) is 30.7 Å². The predicted molar refractivity (Wildman–Crippen MR) is 145 cm³/mol. The van der Waals surface area contributed by atoms with Gasteiger partial charge < -0.3 is 19.4 Å². The van der Waals surface area contributed by atoms with Crippen molar-refractivity contribution < 1.29 is 14.3 Å². The van der Waals surface area contributed by atoms with Crippen molar-refractivity contribution in [3.8, 4) is 11.5 Å². The Morgan fingerprint density at radius 3 is 2.57 bits per heavy atom. The summed E-state index contributed by atoms with van der Waals surface area (Å²) in [6.07, 6.45) is 3.51. The van der Waals surface area contributed by atoms with Gasteiger partial charge in [-0.15, -0.1) is 0 Å². The second-order valence-corrected chi connectivity index (χ2v) is 10.1. The number of methoxy groups -OCH3 is 2. The van der Waals surface area contributed by atoms with Crippen molar-refractivity contribution in [2.45, 2.75) is 44.9 Å². The highest BCUT2D eigenvalue weighted by atomic mass is 16.5. The molecular weight excluding hydrogens is 462 g/mol. The number of hydrogen-bond donors (Lipinski definition) is 1. The second kappa shape index (κ2) is 9.60. The Labute approximate surface area is 217 Å². The first-order chi connectivity index (χ1) is 18.1. The van der Waals surface area contributed by atoms with Gasteiger partial charge in [-0.05, 0) is 71.8 Å². The molecule has 190 valence electrons. The van der Waals surface area contributed by atoms with Crippen molar-refractivity contribution in [3.63, 3.8) is 0 Å². The fourth-order valence-electron chi connectivity index (χ4n) is 6.13. The number of carbonyl (C=O) groups is 1. The highest BCUT2D eigenvalue weighted by Gasteiger charge is 2.38. The Morgan fingerprint density at radius 1 is 0.973 bits per heavy atom. The molecule has 2 atom stereocenters. The number of rotatable bonds is 5. The van der Waals surface area contributed by atoms with Crippen molar-refractivity contribution in [3.05, 3.63) is 94.7 Å². The van der Waals surface area contributed by atoms with Crippen LogP contribution in [0.25, 0.3) is 10.9 Å². The molecule has 6 rings (SSSR count). The number of benzene rings is 3. The third kappa shape index (κ3) is 4.15. The normalized spacial score (nSPS) is 19.4. The lowest BCUT2D eigenvalue weighted by Gasteiger charge is -2.42. The number of aromatic amines is 1. The quantitative estimate of drug-likeness (QED) is 0.411. The van der Waals surface area contributed by atoms with Gasteiger partial charge in [0.15, 0.2) is 11.5 Å². The second-order valence-electron chi connectivity index (χ2n) is 10.1. The molecule has 2 aliphatic heterocycles. The summed E-state index contributed by atoms with van der Waals surface area (Å²) in [5.41, 5.74) is 7.31. The van der Waals surface area contributed by atoms with Crippen LogP contribution in [0.1, 0.15) is 40.8 Å². The summed E-state index contributed by atoms with van der Waals surface area (Å²) in [4.78, 5) is 22.0. The zero-order valence-electron chi connectivity index (χ0n) is 21.7. The Bertz CT molecular complexity index is 1460. The van der Waals surface area contributed by atoms with Gasteiger partial charge in [-0.2, -0.15) is 0 Å². The van der Waals surface area contributed by atoms with Crippen molar-refractivity contribution in [1.82, 2.24) is 14.8 Å². The van der Waals surface area contributed by atoms with E-state index >= 15 is 0 Å². The maximum atomic E-state index is 14.3. The number of carbonyl (C=O) groups excluding carboxylic acids is 1. The molecule has 6 heteroatoms. The van der Waals surface area contributed by atoms with Gasteiger partial charge in [0.05, 0.1) is 26.3 Å². The Kier molecular flexibility index (Phi) is 6.13. The lowest BCUT2D eigenvalue weighted by molar-refractivity contribution is -0.140. The highest BCUT2D eigenvalue weighted by Crippen LogP contribution is 2.39. The number of H-pyrrole nitrogens is 1.